The van der Waals surface area contributed by atoms with Crippen LogP contribution < -0.4 is 9.47 Å². The fraction of sp³-hybridized carbons (Fsp3) is 0.357. The number of fused-ring (bicyclic) bond motifs is 10. The Morgan fingerprint density at radius 2 is 0.766 bits per heavy atom. The second-order valence-corrected chi connectivity index (χ2v) is 30.4. The molecule has 0 atom stereocenters. The number of ether oxygens (including phenoxy) is 2. The first-order valence-corrected chi connectivity index (χ1v) is 27.5. The van der Waals surface area contributed by atoms with Gasteiger partial charge < -0.3 is 19.4 Å². The van der Waals surface area contributed by atoms with Gasteiger partial charge in [-0.2, -0.15) is 0 Å². The van der Waals surface area contributed by atoms with Gasteiger partial charge in [0.1, 0.15) is 27.6 Å². The molecule has 5 aromatic rings. The molecule has 8 bridgehead atoms. The zero-order chi connectivity index (χ0) is 46.1. The Kier molecular flexibility index (Phi) is 13.5. The molecular formula is C56H66N4O2Si2. The van der Waals surface area contributed by atoms with Crippen molar-refractivity contribution in [2.75, 3.05) is 14.2 Å². The Hall–Kier alpha value is -5.81. The van der Waals surface area contributed by atoms with E-state index in [0.717, 1.165) is 89.7 Å². The fourth-order valence-corrected chi connectivity index (χ4v) is 21.2. The Labute approximate surface area is 384 Å². The van der Waals surface area contributed by atoms with Crippen molar-refractivity contribution in [3.8, 4) is 56.7 Å². The van der Waals surface area contributed by atoms with Crippen LogP contribution in [0.2, 0.25) is 33.2 Å². The van der Waals surface area contributed by atoms with E-state index in [2.05, 4.69) is 189 Å². The summed E-state index contributed by atoms with van der Waals surface area (Å²) in [5.74, 6) is 9.42. The monoisotopic (exact) mass is 882 g/mol. The van der Waals surface area contributed by atoms with Crippen molar-refractivity contribution in [1.29, 1.82) is 0 Å². The molecule has 0 fully saturated rings. The highest BCUT2D eigenvalue weighted by Crippen LogP contribution is 2.43. The summed E-state index contributed by atoms with van der Waals surface area (Å²) in [6.07, 6.45) is 8.50. The lowest BCUT2D eigenvalue weighted by atomic mass is 9.93. The standard InChI is InChI=1S/C56H66N4O2Si2/c1-35(2)63(36(3)4,37(5)6)33-31-45-46(32-34-64(38(7)8,39(9)10)40(11)12)48-24-26-50(58-48)52-28-30-54(60-52)56(42-17-21-44(62-14)22-18-42)55(41-15-19-43(61-13)20-16-41)53-29-27-51(59-53)49-25-23-47(45)57-49/h15-30,35-40,57,60H,1-14H3. The summed E-state index contributed by atoms with van der Waals surface area (Å²) in [4.78, 5) is 18.5. The van der Waals surface area contributed by atoms with Gasteiger partial charge >= 0.3 is 0 Å². The van der Waals surface area contributed by atoms with Gasteiger partial charge in [-0.3, -0.25) is 0 Å². The van der Waals surface area contributed by atoms with E-state index in [9.17, 15) is 0 Å². The van der Waals surface area contributed by atoms with Gasteiger partial charge in [-0.05, 0) is 117 Å². The Balaban J connectivity index is 1.69. The first-order chi connectivity index (χ1) is 30.5. The molecule has 330 valence electrons. The van der Waals surface area contributed by atoms with E-state index < -0.39 is 16.1 Å². The SMILES string of the molecule is COc1ccc(-c2c3nc(c4ccc([nH]4)c(C#C[Si](C(C)C)(C(C)C)C(C)C)c(C#C[Si](C(C)C)(C(C)C)C(C)C)c4nc(c5ccc([nH]5)c2-c2ccc(OC)cc2)C=C4)C=C3)cc1. The summed E-state index contributed by atoms with van der Waals surface area (Å²) < 4.78 is 11.2. The van der Waals surface area contributed by atoms with Crippen molar-refractivity contribution < 1.29 is 9.47 Å². The summed E-state index contributed by atoms with van der Waals surface area (Å²) in [6.45, 7) is 28.5. The number of rotatable bonds is 10. The third kappa shape index (κ3) is 8.47. The molecule has 0 spiro atoms. The van der Waals surface area contributed by atoms with E-state index in [1.54, 1.807) is 14.2 Å². The largest absolute Gasteiger partial charge is 0.497 e. The number of hydrogen-bond acceptors (Lipinski definition) is 4. The minimum atomic E-state index is -2.17. The van der Waals surface area contributed by atoms with Gasteiger partial charge in [0.05, 0.1) is 64.7 Å². The topological polar surface area (TPSA) is 75.8 Å². The van der Waals surface area contributed by atoms with Gasteiger partial charge in [-0.25, -0.2) is 9.97 Å². The number of hydrogen-bond donors (Lipinski definition) is 2. The van der Waals surface area contributed by atoms with E-state index in [4.69, 9.17) is 19.4 Å². The number of H-pyrrole nitrogens is 2. The van der Waals surface area contributed by atoms with Crippen LogP contribution in [0.4, 0.5) is 0 Å². The van der Waals surface area contributed by atoms with Crippen molar-refractivity contribution in [2.24, 2.45) is 0 Å². The maximum Gasteiger partial charge on any atom is 0.146 e. The van der Waals surface area contributed by atoms with Crippen LogP contribution in [0.1, 0.15) is 117 Å². The minimum Gasteiger partial charge on any atom is -0.497 e. The molecule has 3 aromatic heterocycles. The third-order valence-electron chi connectivity index (χ3n) is 14.1. The molecule has 5 heterocycles. The van der Waals surface area contributed by atoms with Crippen LogP contribution in [-0.4, -0.2) is 50.3 Å². The Morgan fingerprint density at radius 1 is 0.406 bits per heavy atom. The highest BCUT2D eigenvalue weighted by atomic mass is 28.3. The molecule has 2 aromatic carbocycles. The van der Waals surface area contributed by atoms with E-state index in [1.807, 2.05) is 24.3 Å². The van der Waals surface area contributed by atoms with Gasteiger partial charge in [-0.15, -0.1) is 11.1 Å². The lowest BCUT2D eigenvalue weighted by Crippen LogP contribution is -2.43. The fourth-order valence-electron chi connectivity index (χ4n) is 10.8. The molecular weight excluding hydrogens is 817 g/mol. The first kappa shape index (κ1) is 46.2. The zero-order valence-electron chi connectivity index (χ0n) is 40.4. The molecule has 64 heavy (non-hydrogen) atoms. The van der Waals surface area contributed by atoms with Gasteiger partial charge in [0, 0.05) is 16.6 Å². The van der Waals surface area contributed by atoms with Crippen molar-refractivity contribution in [3.63, 3.8) is 0 Å². The molecule has 0 saturated heterocycles. The van der Waals surface area contributed by atoms with Crippen LogP contribution >= 0.6 is 0 Å². The molecule has 0 saturated carbocycles. The summed E-state index contributed by atoms with van der Waals surface area (Å²) in [6, 6.07) is 25.0. The van der Waals surface area contributed by atoms with E-state index in [1.165, 1.54) is 0 Å². The number of benzene rings is 2. The molecule has 2 N–H and O–H groups in total. The number of aromatic amines is 2. The summed E-state index contributed by atoms with van der Waals surface area (Å²) in [5, 5.41) is 0. The summed E-state index contributed by atoms with van der Waals surface area (Å²) in [5.41, 5.74) is 23.8. The van der Waals surface area contributed by atoms with Gasteiger partial charge in [-0.1, -0.05) is 119 Å². The molecule has 2 aliphatic rings. The molecule has 0 radical (unpaired) electrons. The van der Waals surface area contributed by atoms with Gasteiger partial charge in [0.2, 0.25) is 0 Å². The Bertz CT molecular complexity index is 2840. The normalized spacial score (nSPS) is 12.7. The van der Waals surface area contributed by atoms with Crippen LogP contribution in [0, 0.1) is 22.9 Å². The van der Waals surface area contributed by atoms with E-state index >= 15 is 0 Å². The van der Waals surface area contributed by atoms with Crippen molar-refractivity contribution in [1.82, 2.24) is 19.9 Å². The van der Waals surface area contributed by atoms with E-state index in [0.29, 0.717) is 33.2 Å². The second-order valence-electron chi connectivity index (χ2n) is 19.3. The van der Waals surface area contributed by atoms with Crippen molar-refractivity contribution in [3.05, 3.63) is 107 Å². The molecule has 6 nitrogen and oxygen atoms in total. The zero-order valence-corrected chi connectivity index (χ0v) is 42.4. The summed E-state index contributed by atoms with van der Waals surface area (Å²) in [7, 11) is -0.947. The number of methoxy groups -OCH3 is 2. The second kappa shape index (κ2) is 18.7. The lowest BCUT2D eigenvalue weighted by molar-refractivity contribution is 0.414. The minimum absolute atomic E-state index is 0.468. The predicted octanol–water partition coefficient (Wildman–Crippen LogP) is 15.1. The number of nitrogens with zero attached hydrogens (tertiary/aromatic N) is 2. The lowest BCUT2D eigenvalue weighted by Gasteiger charge is -2.38. The van der Waals surface area contributed by atoms with Gasteiger partial charge in [0.15, 0.2) is 0 Å². The molecule has 0 unspecified atom stereocenters. The number of aromatic nitrogens is 4. The smallest absolute Gasteiger partial charge is 0.146 e. The van der Waals surface area contributed by atoms with Crippen LogP contribution in [0.15, 0.2) is 72.8 Å². The van der Waals surface area contributed by atoms with Crippen molar-refractivity contribution >= 4 is 62.5 Å². The average Bonchev–Trinajstić information content (AvgIpc) is 4.11. The van der Waals surface area contributed by atoms with Gasteiger partial charge in [0.25, 0.3) is 0 Å². The Morgan fingerprint density at radius 3 is 1.22 bits per heavy atom. The third-order valence-corrected chi connectivity index (χ3v) is 26.6. The number of nitrogens with one attached hydrogen (secondary N) is 2. The molecule has 0 aliphatic carbocycles. The predicted molar refractivity (Wildman–Crippen MR) is 279 cm³/mol. The van der Waals surface area contributed by atoms with Crippen LogP contribution in [-0.2, 0) is 0 Å². The molecule has 2 aliphatic heterocycles. The van der Waals surface area contributed by atoms with Crippen LogP contribution in [0.5, 0.6) is 11.5 Å². The highest BCUT2D eigenvalue weighted by molar-refractivity contribution is 6.91. The molecule has 8 heteroatoms. The highest BCUT2D eigenvalue weighted by Gasteiger charge is 2.43. The maximum absolute atomic E-state index is 5.60. The molecule has 0 amide bonds. The summed E-state index contributed by atoms with van der Waals surface area (Å²) >= 11 is 0. The quantitative estimate of drug-likeness (QED) is 0.106. The van der Waals surface area contributed by atoms with Crippen molar-refractivity contribution in [2.45, 2.75) is 116 Å². The first-order valence-electron chi connectivity index (χ1n) is 23.1. The maximum atomic E-state index is 5.60. The van der Waals surface area contributed by atoms with E-state index in [-0.39, 0.29) is 0 Å². The average molecular weight is 883 g/mol. The van der Waals surface area contributed by atoms with Crippen LogP contribution in [0.3, 0.4) is 0 Å². The molecule has 7 rings (SSSR count). The van der Waals surface area contributed by atoms with Crippen LogP contribution in [0.25, 0.3) is 68.6 Å².